The minimum atomic E-state index is -0.395. The van der Waals surface area contributed by atoms with Gasteiger partial charge in [-0.3, -0.25) is 10.1 Å². The standard InChI is InChI=1S/C12H13N3O2S/c1-9-13-10(8-18-9)7-14(2)11-3-5-12(6-4-11)15(16)17/h3-6,8H,7H2,1-2H3. The van der Waals surface area contributed by atoms with E-state index in [0.29, 0.717) is 6.54 Å². The van der Waals surface area contributed by atoms with Crippen LogP contribution in [0.3, 0.4) is 0 Å². The second-order valence-electron chi connectivity index (χ2n) is 3.99. The molecule has 1 aromatic carbocycles. The van der Waals surface area contributed by atoms with E-state index in [0.717, 1.165) is 16.4 Å². The molecule has 6 heteroatoms. The summed E-state index contributed by atoms with van der Waals surface area (Å²) in [6.45, 7) is 2.67. The molecule has 2 rings (SSSR count). The molecular weight excluding hydrogens is 250 g/mol. The van der Waals surface area contributed by atoms with Crippen molar-refractivity contribution in [3.8, 4) is 0 Å². The number of rotatable bonds is 4. The summed E-state index contributed by atoms with van der Waals surface area (Å²) in [7, 11) is 1.94. The Morgan fingerprint density at radius 2 is 2.06 bits per heavy atom. The van der Waals surface area contributed by atoms with E-state index in [-0.39, 0.29) is 5.69 Å². The van der Waals surface area contributed by atoms with E-state index in [2.05, 4.69) is 4.98 Å². The van der Waals surface area contributed by atoms with Crippen LogP contribution in [0, 0.1) is 17.0 Å². The zero-order valence-corrected chi connectivity index (χ0v) is 11.0. The number of aromatic nitrogens is 1. The smallest absolute Gasteiger partial charge is 0.269 e. The van der Waals surface area contributed by atoms with E-state index in [1.807, 2.05) is 24.3 Å². The summed E-state index contributed by atoms with van der Waals surface area (Å²) in [6, 6.07) is 6.52. The molecule has 1 aromatic heterocycles. The van der Waals surface area contributed by atoms with Crippen LogP contribution in [0.15, 0.2) is 29.6 Å². The lowest BCUT2D eigenvalue weighted by atomic mass is 10.2. The lowest BCUT2D eigenvalue weighted by Gasteiger charge is -2.17. The van der Waals surface area contributed by atoms with Gasteiger partial charge in [0.1, 0.15) is 0 Å². The van der Waals surface area contributed by atoms with E-state index in [4.69, 9.17) is 0 Å². The van der Waals surface area contributed by atoms with Gasteiger partial charge in [0, 0.05) is 30.2 Å². The van der Waals surface area contributed by atoms with Crippen molar-refractivity contribution >= 4 is 22.7 Å². The molecule has 0 unspecified atom stereocenters. The molecule has 0 amide bonds. The van der Waals surface area contributed by atoms with Crippen molar-refractivity contribution in [3.05, 3.63) is 50.5 Å². The van der Waals surface area contributed by atoms with Crippen LogP contribution >= 0.6 is 11.3 Å². The number of hydrogen-bond acceptors (Lipinski definition) is 5. The fourth-order valence-electron chi connectivity index (χ4n) is 1.64. The summed E-state index contributed by atoms with van der Waals surface area (Å²) >= 11 is 1.62. The molecule has 1 heterocycles. The first-order valence-electron chi connectivity index (χ1n) is 5.43. The minimum absolute atomic E-state index is 0.108. The maximum atomic E-state index is 10.6. The number of thiazole rings is 1. The van der Waals surface area contributed by atoms with Gasteiger partial charge < -0.3 is 4.90 Å². The predicted octanol–water partition coefficient (Wildman–Crippen LogP) is 3.00. The molecule has 0 aliphatic rings. The number of aryl methyl sites for hydroxylation is 1. The van der Waals surface area contributed by atoms with Gasteiger partial charge in [-0.2, -0.15) is 0 Å². The second kappa shape index (κ2) is 5.14. The molecule has 0 atom stereocenters. The van der Waals surface area contributed by atoms with Crippen LogP contribution < -0.4 is 4.90 Å². The Kier molecular flexibility index (Phi) is 3.57. The fourth-order valence-corrected chi connectivity index (χ4v) is 2.25. The van der Waals surface area contributed by atoms with Crippen LogP contribution in [0.4, 0.5) is 11.4 Å². The van der Waals surface area contributed by atoms with E-state index in [1.165, 1.54) is 12.1 Å². The lowest BCUT2D eigenvalue weighted by molar-refractivity contribution is -0.384. The number of anilines is 1. The highest BCUT2D eigenvalue weighted by molar-refractivity contribution is 7.09. The molecule has 0 N–H and O–H groups in total. The van der Waals surface area contributed by atoms with Gasteiger partial charge in [0.15, 0.2) is 0 Å². The van der Waals surface area contributed by atoms with E-state index in [1.54, 1.807) is 23.5 Å². The highest BCUT2D eigenvalue weighted by atomic mass is 32.1. The van der Waals surface area contributed by atoms with Crippen molar-refractivity contribution in [1.82, 2.24) is 4.98 Å². The highest BCUT2D eigenvalue weighted by Crippen LogP contribution is 2.20. The van der Waals surface area contributed by atoms with Crippen molar-refractivity contribution in [1.29, 1.82) is 0 Å². The maximum absolute atomic E-state index is 10.6. The third kappa shape index (κ3) is 2.84. The number of nitrogens with zero attached hydrogens (tertiary/aromatic N) is 3. The number of hydrogen-bond donors (Lipinski definition) is 0. The summed E-state index contributed by atoms with van der Waals surface area (Å²) in [5.41, 5.74) is 2.06. The Morgan fingerprint density at radius 3 is 2.56 bits per heavy atom. The summed E-state index contributed by atoms with van der Waals surface area (Å²) in [6.07, 6.45) is 0. The summed E-state index contributed by atoms with van der Waals surface area (Å²) in [4.78, 5) is 16.6. The largest absolute Gasteiger partial charge is 0.369 e. The molecule has 0 spiro atoms. The van der Waals surface area contributed by atoms with Crippen LogP contribution in [0.5, 0.6) is 0 Å². The van der Waals surface area contributed by atoms with Gasteiger partial charge in [0.25, 0.3) is 5.69 Å². The molecule has 0 radical (unpaired) electrons. The molecule has 94 valence electrons. The normalized spacial score (nSPS) is 10.3. The van der Waals surface area contributed by atoms with Crippen LogP contribution in [0.1, 0.15) is 10.7 Å². The zero-order chi connectivity index (χ0) is 13.1. The predicted molar refractivity (Wildman–Crippen MR) is 72.1 cm³/mol. The molecule has 18 heavy (non-hydrogen) atoms. The quantitative estimate of drug-likeness (QED) is 0.628. The third-order valence-electron chi connectivity index (χ3n) is 2.57. The summed E-state index contributed by atoms with van der Waals surface area (Å²) < 4.78 is 0. The van der Waals surface area contributed by atoms with Gasteiger partial charge >= 0.3 is 0 Å². The van der Waals surface area contributed by atoms with Crippen molar-refractivity contribution in [2.75, 3.05) is 11.9 Å². The second-order valence-corrected chi connectivity index (χ2v) is 5.05. The number of nitro benzene ring substituents is 1. The average molecular weight is 263 g/mol. The van der Waals surface area contributed by atoms with Gasteiger partial charge in [-0.25, -0.2) is 4.98 Å². The Hall–Kier alpha value is -1.95. The minimum Gasteiger partial charge on any atom is -0.369 e. The molecule has 0 saturated carbocycles. The topological polar surface area (TPSA) is 59.3 Å². The SMILES string of the molecule is Cc1nc(CN(C)c2ccc([N+](=O)[O-])cc2)cs1. The molecule has 5 nitrogen and oxygen atoms in total. The van der Waals surface area contributed by atoms with Crippen LogP contribution in [0.2, 0.25) is 0 Å². The van der Waals surface area contributed by atoms with Crippen molar-refractivity contribution < 1.29 is 4.92 Å². The van der Waals surface area contributed by atoms with Crippen molar-refractivity contribution in [3.63, 3.8) is 0 Å². The first-order valence-corrected chi connectivity index (χ1v) is 6.31. The number of nitro groups is 1. The summed E-state index contributed by atoms with van der Waals surface area (Å²) in [5.74, 6) is 0. The monoisotopic (exact) mass is 263 g/mol. The fraction of sp³-hybridized carbons (Fsp3) is 0.250. The molecule has 0 aliphatic carbocycles. The Labute approximate surface area is 109 Å². The molecule has 2 aromatic rings. The van der Waals surface area contributed by atoms with Crippen LogP contribution in [-0.2, 0) is 6.54 Å². The molecule has 0 fully saturated rings. The number of non-ortho nitro benzene ring substituents is 1. The van der Waals surface area contributed by atoms with Crippen LogP contribution in [0.25, 0.3) is 0 Å². The highest BCUT2D eigenvalue weighted by Gasteiger charge is 2.08. The summed E-state index contributed by atoms with van der Waals surface area (Å²) in [5, 5.41) is 13.6. The van der Waals surface area contributed by atoms with Gasteiger partial charge in [-0.1, -0.05) is 0 Å². The molecule has 0 bridgehead atoms. The molecular formula is C12H13N3O2S. The van der Waals surface area contributed by atoms with Crippen LogP contribution in [-0.4, -0.2) is 17.0 Å². The van der Waals surface area contributed by atoms with Gasteiger partial charge in [0.05, 0.1) is 22.2 Å². The zero-order valence-electron chi connectivity index (χ0n) is 10.2. The van der Waals surface area contributed by atoms with Crippen molar-refractivity contribution in [2.45, 2.75) is 13.5 Å². The Bertz CT molecular complexity index is 551. The average Bonchev–Trinajstić information content (AvgIpc) is 2.75. The van der Waals surface area contributed by atoms with Gasteiger partial charge in [0.2, 0.25) is 0 Å². The first kappa shape index (κ1) is 12.5. The van der Waals surface area contributed by atoms with Crippen molar-refractivity contribution in [2.24, 2.45) is 0 Å². The molecule has 0 saturated heterocycles. The van der Waals surface area contributed by atoms with E-state index < -0.39 is 4.92 Å². The molecule has 0 aliphatic heterocycles. The first-order chi connectivity index (χ1) is 8.56. The number of benzene rings is 1. The Morgan fingerprint density at radius 1 is 1.39 bits per heavy atom. The van der Waals surface area contributed by atoms with E-state index >= 15 is 0 Å². The lowest BCUT2D eigenvalue weighted by Crippen LogP contribution is -2.16. The van der Waals surface area contributed by atoms with E-state index in [9.17, 15) is 10.1 Å². The van der Waals surface area contributed by atoms with Gasteiger partial charge in [-0.05, 0) is 19.1 Å². The maximum Gasteiger partial charge on any atom is 0.269 e. The Balaban J connectivity index is 2.09. The van der Waals surface area contributed by atoms with Gasteiger partial charge in [-0.15, -0.1) is 11.3 Å². The third-order valence-corrected chi connectivity index (χ3v) is 3.39.